The first-order valence-electron chi connectivity index (χ1n) is 4.23. The summed E-state index contributed by atoms with van der Waals surface area (Å²) in [6.07, 6.45) is -5.41. The van der Waals surface area contributed by atoms with Crippen LogP contribution in [0, 0.1) is 11.3 Å². The largest absolute Gasteiger partial charge is 0.464 e. The molecule has 7 heteroatoms. The lowest BCUT2D eigenvalue weighted by Crippen LogP contribution is -2.31. The van der Waals surface area contributed by atoms with E-state index in [1.807, 2.05) is 0 Å². The van der Waals surface area contributed by atoms with Gasteiger partial charge in [0.15, 0.2) is 6.10 Å². The van der Waals surface area contributed by atoms with Crippen molar-refractivity contribution in [3.63, 3.8) is 0 Å². The molecule has 16 heavy (non-hydrogen) atoms. The Balaban J connectivity index is 2.95. The molecule has 1 atom stereocenters. The molecule has 0 radical (unpaired) electrons. The molecular weight excluding hydrogens is 223 g/mol. The molecule has 1 aromatic rings. The quantitative estimate of drug-likeness (QED) is 0.843. The maximum Gasteiger partial charge on any atom is 0.425 e. The van der Waals surface area contributed by atoms with Gasteiger partial charge >= 0.3 is 6.18 Å². The number of ether oxygens (including phenoxy) is 1. The Morgan fingerprint density at radius 3 is 2.69 bits per heavy atom. The van der Waals surface area contributed by atoms with Crippen molar-refractivity contribution in [1.29, 1.82) is 5.26 Å². The summed E-state index contributed by atoms with van der Waals surface area (Å²) in [6.45, 7) is 0.833. The highest BCUT2D eigenvalue weighted by atomic mass is 19.4. The summed E-state index contributed by atoms with van der Waals surface area (Å²) in [5.41, 5.74) is 5.38. The van der Waals surface area contributed by atoms with Crippen LogP contribution in [0.1, 0.15) is 12.5 Å². The second-order valence-electron chi connectivity index (χ2n) is 3.03. The molecule has 0 spiro atoms. The molecule has 0 aromatic carbocycles. The van der Waals surface area contributed by atoms with Gasteiger partial charge < -0.3 is 10.5 Å². The molecule has 0 fully saturated rings. The van der Waals surface area contributed by atoms with Gasteiger partial charge in [-0.15, -0.1) is 0 Å². The van der Waals surface area contributed by atoms with Gasteiger partial charge in [0.25, 0.3) is 0 Å². The highest BCUT2D eigenvalue weighted by Crippen LogP contribution is 2.26. The van der Waals surface area contributed by atoms with Gasteiger partial charge in [-0.05, 0) is 13.0 Å². The lowest BCUT2D eigenvalue weighted by atomic mass is 10.2. The Labute approximate surface area is 89.5 Å². The van der Waals surface area contributed by atoms with Crippen molar-refractivity contribution in [1.82, 2.24) is 4.98 Å². The third kappa shape index (κ3) is 2.76. The zero-order valence-electron chi connectivity index (χ0n) is 8.25. The second kappa shape index (κ2) is 4.26. The molecule has 4 nitrogen and oxygen atoms in total. The number of anilines is 1. The van der Waals surface area contributed by atoms with E-state index >= 15 is 0 Å². The molecule has 1 heterocycles. The number of aromatic nitrogens is 1. The number of rotatable bonds is 2. The van der Waals surface area contributed by atoms with Crippen LogP contribution in [0.5, 0.6) is 5.88 Å². The maximum atomic E-state index is 12.2. The number of hydrogen-bond donors (Lipinski definition) is 1. The van der Waals surface area contributed by atoms with Crippen LogP contribution < -0.4 is 10.5 Å². The Morgan fingerprint density at radius 2 is 2.19 bits per heavy atom. The topological polar surface area (TPSA) is 71.9 Å². The fourth-order valence-electron chi connectivity index (χ4n) is 0.877. The molecule has 0 amide bonds. The van der Waals surface area contributed by atoms with Crippen molar-refractivity contribution in [2.24, 2.45) is 0 Å². The molecule has 1 aromatic heterocycles. The van der Waals surface area contributed by atoms with Crippen LogP contribution in [0.25, 0.3) is 0 Å². The number of alkyl halides is 3. The summed E-state index contributed by atoms with van der Waals surface area (Å²) >= 11 is 0. The predicted octanol–water partition coefficient (Wildman–Crippen LogP) is 1.87. The third-order valence-corrected chi connectivity index (χ3v) is 1.74. The molecule has 2 N–H and O–H groups in total. The summed E-state index contributed by atoms with van der Waals surface area (Å²) in [7, 11) is 0. The van der Waals surface area contributed by atoms with Crippen LogP contribution in [0.2, 0.25) is 0 Å². The number of nitrogens with two attached hydrogens (primary N) is 1. The van der Waals surface area contributed by atoms with Gasteiger partial charge in [0.2, 0.25) is 5.88 Å². The standard InChI is InChI=1S/C9H8F3N3O/c1-5(9(10,11)12)16-8-6(3-13)2-7(14)4-15-8/h2,4-5H,14H2,1H3. The van der Waals surface area contributed by atoms with E-state index < -0.39 is 12.3 Å². The summed E-state index contributed by atoms with van der Waals surface area (Å²) in [5.74, 6) is -0.374. The van der Waals surface area contributed by atoms with Gasteiger partial charge in [-0.2, -0.15) is 18.4 Å². The fourth-order valence-corrected chi connectivity index (χ4v) is 0.877. The molecule has 0 saturated carbocycles. The molecule has 0 aliphatic carbocycles. The predicted molar refractivity (Wildman–Crippen MR) is 49.5 cm³/mol. The van der Waals surface area contributed by atoms with Gasteiger partial charge in [0.1, 0.15) is 11.6 Å². The lowest BCUT2D eigenvalue weighted by molar-refractivity contribution is -0.190. The molecule has 0 bridgehead atoms. The molecule has 1 rings (SSSR count). The summed E-state index contributed by atoms with van der Waals surface area (Å²) < 4.78 is 41.1. The van der Waals surface area contributed by atoms with Crippen LogP contribution in [0.15, 0.2) is 12.3 Å². The molecule has 1 unspecified atom stereocenters. The Kier molecular flexibility index (Phi) is 3.22. The van der Waals surface area contributed by atoms with Crippen molar-refractivity contribution in [3.8, 4) is 11.9 Å². The number of pyridine rings is 1. The fraction of sp³-hybridized carbons (Fsp3) is 0.333. The van der Waals surface area contributed by atoms with Crippen molar-refractivity contribution in [3.05, 3.63) is 17.8 Å². The number of halogens is 3. The summed E-state index contributed by atoms with van der Waals surface area (Å²) in [4.78, 5) is 3.53. The van der Waals surface area contributed by atoms with E-state index in [2.05, 4.69) is 9.72 Å². The number of hydrogen-bond acceptors (Lipinski definition) is 4. The lowest BCUT2D eigenvalue weighted by Gasteiger charge is -2.17. The zero-order chi connectivity index (χ0) is 12.3. The number of nitrogens with zero attached hydrogens (tertiary/aromatic N) is 2. The van der Waals surface area contributed by atoms with Crippen molar-refractivity contribution >= 4 is 5.69 Å². The van der Waals surface area contributed by atoms with Gasteiger partial charge in [-0.1, -0.05) is 0 Å². The molecule has 86 valence electrons. The van der Waals surface area contributed by atoms with E-state index in [0.717, 1.165) is 13.1 Å². The highest BCUT2D eigenvalue weighted by molar-refractivity contribution is 5.48. The number of nitrogen functional groups attached to an aromatic ring is 1. The van der Waals surface area contributed by atoms with E-state index in [4.69, 9.17) is 11.0 Å². The smallest absolute Gasteiger partial charge is 0.425 e. The van der Waals surface area contributed by atoms with E-state index in [-0.39, 0.29) is 17.1 Å². The zero-order valence-corrected chi connectivity index (χ0v) is 8.25. The van der Waals surface area contributed by atoms with Gasteiger partial charge in [-0.3, -0.25) is 0 Å². The first-order chi connectivity index (χ1) is 7.34. The van der Waals surface area contributed by atoms with E-state index in [0.29, 0.717) is 0 Å². The van der Waals surface area contributed by atoms with E-state index in [9.17, 15) is 13.2 Å². The van der Waals surface area contributed by atoms with Crippen molar-refractivity contribution in [2.45, 2.75) is 19.2 Å². The average Bonchev–Trinajstić information content (AvgIpc) is 2.19. The van der Waals surface area contributed by atoms with Crippen LogP contribution in [0.4, 0.5) is 18.9 Å². The summed E-state index contributed by atoms with van der Waals surface area (Å²) in [5, 5.41) is 8.65. The van der Waals surface area contributed by atoms with Crippen LogP contribution in [-0.4, -0.2) is 17.3 Å². The normalized spacial score (nSPS) is 12.9. The van der Waals surface area contributed by atoms with Gasteiger partial charge in [0, 0.05) is 0 Å². The molecule has 0 aliphatic heterocycles. The average molecular weight is 231 g/mol. The minimum Gasteiger partial charge on any atom is -0.464 e. The maximum absolute atomic E-state index is 12.2. The SMILES string of the molecule is CC(Oc1ncc(N)cc1C#N)C(F)(F)F. The van der Waals surface area contributed by atoms with Crippen LogP contribution in [-0.2, 0) is 0 Å². The second-order valence-corrected chi connectivity index (χ2v) is 3.03. The van der Waals surface area contributed by atoms with E-state index in [1.54, 1.807) is 6.07 Å². The highest BCUT2D eigenvalue weighted by Gasteiger charge is 2.38. The van der Waals surface area contributed by atoms with Gasteiger partial charge in [-0.25, -0.2) is 4.98 Å². The molecular formula is C9H8F3N3O. The minimum absolute atomic E-state index is 0.129. The minimum atomic E-state index is -4.50. The number of nitriles is 1. The van der Waals surface area contributed by atoms with Crippen LogP contribution >= 0.6 is 0 Å². The van der Waals surface area contributed by atoms with Crippen LogP contribution in [0.3, 0.4) is 0 Å². The third-order valence-electron chi connectivity index (χ3n) is 1.74. The Bertz CT molecular complexity index is 425. The Hall–Kier alpha value is -1.97. The summed E-state index contributed by atoms with van der Waals surface area (Å²) in [6, 6.07) is 2.86. The molecule has 0 saturated heterocycles. The monoisotopic (exact) mass is 231 g/mol. The van der Waals surface area contributed by atoms with Crippen molar-refractivity contribution in [2.75, 3.05) is 5.73 Å². The Morgan fingerprint density at radius 1 is 1.56 bits per heavy atom. The van der Waals surface area contributed by atoms with Gasteiger partial charge in [0.05, 0.1) is 11.9 Å². The van der Waals surface area contributed by atoms with Crippen molar-refractivity contribution < 1.29 is 17.9 Å². The first-order valence-corrected chi connectivity index (χ1v) is 4.23. The molecule has 0 aliphatic rings. The van der Waals surface area contributed by atoms with E-state index in [1.165, 1.54) is 6.07 Å². The first kappa shape index (κ1) is 12.1.